The SMILES string of the molecule is O=Nc1c(O)n(Cc2cc(F)cc3c2OCOC3)c2ccc(NS(=O)(=O)c3cccc4ccccc34)cc12. The molecule has 9 nitrogen and oxygen atoms in total. The number of halogens is 1. The van der Waals surface area contributed by atoms with E-state index >= 15 is 0 Å². The molecule has 0 radical (unpaired) electrons. The molecule has 0 amide bonds. The predicted molar refractivity (Wildman–Crippen MR) is 140 cm³/mol. The number of nitrogens with one attached hydrogen (secondary N) is 1. The van der Waals surface area contributed by atoms with Crippen LogP contribution in [0.1, 0.15) is 11.1 Å². The van der Waals surface area contributed by atoms with Gasteiger partial charge in [-0.05, 0) is 47.0 Å². The van der Waals surface area contributed by atoms with Gasteiger partial charge in [-0.3, -0.25) is 4.72 Å². The first-order chi connectivity index (χ1) is 18.4. The van der Waals surface area contributed by atoms with E-state index in [0.717, 1.165) is 5.39 Å². The minimum atomic E-state index is -3.99. The molecule has 192 valence electrons. The second-order valence-electron chi connectivity index (χ2n) is 8.83. The summed E-state index contributed by atoms with van der Waals surface area (Å²) in [6.45, 7) is 0.157. The number of aromatic hydroxyl groups is 1. The normalized spacial score (nSPS) is 13.3. The number of fused-ring (bicyclic) bond motifs is 3. The quantitative estimate of drug-likeness (QED) is 0.268. The summed E-state index contributed by atoms with van der Waals surface area (Å²) in [6.07, 6.45) is 0. The summed E-state index contributed by atoms with van der Waals surface area (Å²) in [7, 11) is -3.99. The van der Waals surface area contributed by atoms with Crippen molar-refractivity contribution in [2.24, 2.45) is 5.18 Å². The Bertz CT molecular complexity index is 1850. The van der Waals surface area contributed by atoms with Gasteiger partial charge in [0.1, 0.15) is 11.6 Å². The highest BCUT2D eigenvalue weighted by Gasteiger charge is 2.23. The van der Waals surface area contributed by atoms with Crippen LogP contribution in [-0.2, 0) is 27.9 Å². The Kier molecular flexibility index (Phi) is 5.73. The Morgan fingerprint density at radius 3 is 2.68 bits per heavy atom. The van der Waals surface area contributed by atoms with Crippen molar-refractivity contribution in [3.05, 3.63) is 94.6 Å². The van der Waals surface area contributed by atoms with Gasteiger partial charge in [-0.25, -0.2) is 12.8 Å². The Balaban J connectivity index is 1.40. The van der Waals surface area contributed by atoms with Gasteiger partial charge in [0.25, 0.3) is 10.0 Å². The first-order valence-corrected chi connectivity index (χ1v) is 13.0. The highest BCUT2D eigenvalue weighted by Crippen LogP contribution is 2.41. The smallest absolute Gasteiger partial charge is 0.262 e. The molecule has 0 bridgehead atoms. The number of nitrogens with zero attached hydrogens (tertiary/aromatic N) is 2. The van der Waals surface area contributed by atoms with E-state index in [4.69, 9.17) is 9.47 Å². The number of hydrogen-bond donors (Lipinski definition) is 2. The van der Waals surface area contributed by atoms with Crippen LogP contribution < -0.4 is 9.46 Å². The molecule has 1 aliphatic heterocycles. The van der Waals surface area contributed by atoms with Crippen molar-refractivity contribution in [3.63, 3.8) is 0 Å². The molecule has 5 aromatic rings. The summed E-state index contributed by atoms with van der Waals surface area (Å²) < 4.78 is 55.6. The van der Waals surface area contributed by atoms with Gasteiger partial charge < -0.3 is 19.1 Å². The van der Waals surface area contributed by atoms with Crippen molar-refractivity contribution in [2.75, 3.05) is 11.5 Å². The van der Waals surface area contributed by atoms with Crippen molar-refractivity contribution in [1.82, 2.24) is 4.57 Å². The summed E-state index contributed by atoms with van der Waals surface area (Å²) in [4.78, 5) is 11.8. The molecule has 0 atom stereocenters. The average Bonchev–Trinajstić information content (AvgIpc) is 3.17. The van der Waals surface area contributed by atoms with Crippen LogP contribution in [0, 0.1) is 10.7 Å². The Morgan fingerprint density at radius 1 is 1.03 bits per heavy atom. The number of sulfonamides is 1. The van der Waals surface area contributed by atoms with E-state index in [1.165, 1.54) is 34.9 Å². The maximum atomic E-state index is 14.3. The van der Waals surface area contributed by atoms with Gasteiger partial charge in [0.2, 0.25) is 5.88 Å². The molecule has 1 aromatic heterocycles. The van der Waals surface area contributed by atoms with Gasteiger partial charge in [-0.15, -0.1) is 4.91 Å². The zero-order valence-corrected chi connectivity index (χ0v) is 20.5. The fourth-order valence-electron chi connectivity index (χ4n) is 4.82. The van der Waals surface area contributed by atoms with Crippen molar-refractivity contribution in [3.8, 4) is 11.6 Å². The number of ether oxygens (including phenoxy) is 2. The van der Waals surface area contributed by atoms with E-state index in [1.54, 1.807) is 24.3 Å². The number of aromatic nitrogens is 1. The van der Waals surface area contributed by atoms with Crippen LogP contribution in [0.5, 0.6) is 11.6 Å². The zero-order valence-electron chi connectivity index (χ0n) is 19.7. The third-order valence-electron chi connectivity index (χ3n) is 6.47. The van der Waals surface area contributed by atoms with E-state index in [1.807, 2.05) is 18.2 Å². The molecule has 6 rings (SSSR count). The molecule has 11 heteroatoms. The minimum Gasteiger partial charge on any atom is -0.493 e. The van der Waals surface area contributed by atoms with Crippen LogP contribution in [0.15, 0.2) is 82.9 Å². The van der Waals surface area contributed by atoms with Gasteiger partial charge in [0.05, 0.1) is 23.6 Å². The monoisotopic (exact) mass is 533 g/mol. The average molecular weight is 534 g/mol. The molecule has 38 heavy (non-hydrogen) atoms. The summed E-state index contributed by atoms with van der Waals surface area (Å²) >= 11 is 0. The molecule has 0 aliphatic carbocycles. The van der Waals surface area contributed by atoms with E-state index in [-0.39, 0.29) is 41.6 Å². The second kappa shape index (κ2) is 9.12. The summed E-state index contributed by atoms with van der Waals surface area (Å²) in [5.74, 6) is -0.490. The molecule has 4 aromatic carbocycles. The van der Waals surface area contributed by atoms with E-state index in [0.29, 0.717) is 27.8 Å². The fraction of sp³-hybridized carbons (Fsp3) is 0.111. The standard InChI is InChI=1S/C27H20FN3O6S/c28-19-10-17(26-18(11-19)14-36-15-37-26)13-31-23-9-8-20(12-22(23)25(29-33)27(31)32)30-38(34,35)24-7-3-5-16-4-1-2-6-21(16)24/h1-12,30,32H,13-15H2. The van der Waals surface area contributed by atoms with Crippen LogP contribution >= 0.6 is 0 Å². The Morgan fingerprint density at radius 2 is 1.84 bits per heavy atom. The highest BCUT2D eigenvalue weighted by molar-refractivity contribution is 7.93. The van der Waals surface area contributed by atoms with Crippen molar-refractivity contribution in [2.45, 2.75) is 18.0 Å². The number of benzene rings is 4. The van der Waals surface area contributed by atoms with Crippen LogP contribution in [0.2, 0.25) is 0 Å². The fourth-order valence-corrected chi connectivity index (χ4v) is 6.10. The van der Waals surface area contributed by atoms with Gasteiger partial charge in [-0.2, -0.15) is 0 Å². The van der Waals surface area contributed by atoms with E-state index in [2.05, 4.69) is 9.90 Å². The molecule has 0 saturated heterocycles. The first-order valence-electron chi connectivity index (χ1n) is 11.6. The zero-order chi connectivity index (χ0) is 26.4. The summed E-state index contributed by atoms with van der Waals surface area (Å²) in [5.41, 5.74) is 1.28. The van der Waals surface area contributed by atoms with Crippen molar-refractivity contribution >= 4 is 43.1 Å². The van der Waals surface area contributed by atoms with Gasteiger partial charge in [-0.1, -0.05) is 36.4 Å². The molecule has 2 heterocycles. The lowest BCUT2D eigenvalue weighted by atomic mass is 10.1. The van der Waals surface area contributed by atoms with Crippen molar-refractivity contribution in [1.29, 1.82) is 0 Å². The topological polar surface area (TPSA) is 119 Å². The van der Waals surface area contributed by atoms with Gasteiger partial charge >= 0.3 is 0 Å². The molecule has 0 unspecified atom stereocenters. The van der Waals surface area contributed by atoms with Crippen LogP contribution in [-0.4, -0.2) is 24.9 Å². The number of rotatable bonds is 6. The van der Waals surface area contributed by atoms with E-state index in [9.17, 15) is 22.8 Å². The molecule has 1 aliphatic rings. The first kappa shape index (κ1) is 23.9. The third kappa shape index (κ3) is 4.01. The lowest BCUT2D eigenvalue weighted by molar-refractivity contribution is -0.0173. The number of hydrogen-bond acceptors (Lipinski definition) is 7. The summed E-state index contributed by atoms with van der Waals surface area (Å²) in [6, 6.07) is 19.2. The summed E-state index contributed by atoms with van der Waals surface area (Å²) in [5, 5.41) is 15.4. The molecular formula is C27H20FN3O6S. The largest absolute Gasteiger partial charge is 0.493 e. The second-order valence-corrected chi connectivity index (χ2v) is 10.5. The van der Waals surface area contributed by atoms with Gasteiger partial charge in [0, 0.05) is 27.6 Å². The maximum absolute atomic E-state index is 14.3. The number of anilines is 1. The van der Waals surface area contributed by atoms with Crippen LogP contribution in [0.4, 0.5) is 15.8 Å². The molecule has 0 fully saturated rings. The van der Waals surface area contributed by atoms with E-state index < -0.39 is 21.7 Å². The Labute approximate surface area is 216 Å². The Hall–Kier alpha value is -4.48. The lowest BCUT2D eigenvalue weighted by Crippen LogP contribution is -2.15. The predicted octanol–water partition coefficient (Wildman–Crippen LogP) is 5.75. The lowest BCUT2D eigenvalue weighted by Gasteiger charge is -2.21. The molecule has 0 saturated carbocycles. The molecule has 2 N–H and O–H groups in total. The van der Waals surface area contributed by atoms with Crippen LogP contribution in [0.25, 0.3) is 21.7 Å². The molecule has 0 spiro atoms. The maximum Gasteiger partial charge on any atom is 0.262 e. The third-order valence-corrected chi connectivity index (χ3v) is 7.91. The van der Waals surface area contributed by atoms with Crippen molar-refractivity contribution < 1.29 is 27.4 Å². The van der Waals surface area contributed by atoms with Gasteiger partial charge in [0.15, 0.2) is 12.5 Å². The molecular weight excluding hydrogens is 513 g/mol. The minimum absolute atomic E-state index is 0.00535. The highest BCUT2D eigenvalue weighted by atomic mass is 32.2. The number of nitroso groups, excluding NO2 is 1. The van der Waals surface area contributed by atoms with Crippen LogP contribution in [0.3, 0.4) is 0 Å².